The number of likely N-dealkylation sites (N-methyl/N-ethyl adjacent to an activating group) is 1. The fourth-order valence-corrected chi connectivity index (χ4v) is 5.24. The minimum absolute atomic E-state index is 0.0107. The van der Waals surface area contributed by atoms with Crippen LogP contribution in [0.4, 0.5) is 0 Å². The number of nitrogens with zero attached hydrogens (tertiary/aromatic N) is 2. The van der Waals surface area contributed by atoms with Crippen molar-refractivity contribution in [2.24, 2.45) is 17.8 Å². The average Bonchev–Trinajstić information content (AvgIpc) is 2.35. The summed E-state index contributed by atoms with van der Waals surface area (Å²) < 4.78 is 0.826. The number of aldehydes is 1. The minimum atomic E-state index is -0.679. The van der Waals surface area contributed by atoms with Crippen molar-refractivity contribution in [3.05, 3.63) is 0 Å². The van der Waals surface area contributed by atoms with Gasteiger partial charge in [-0.25, -0.2) is 0 Å². The zero-order valence-electron chi connectivity index (χ0n) is 12.3. The summed E-state index contributed by atoms with van der Waals surface area (Å²) in [6.45, 7) is 6.78. The highest BCUT2D eigenvalue weighted by molar-refractivity contribution is 5.78. The van der Waals surface area contributed by atoms with Gasteiger partial charge in [0.1, 0.15) is 0 Å². The Labute approximate surface area is 115 Å². The van der Waals surface area contributed by atoms with E-state index in [2.05, 4.69) is 0 Å². The first kappa shape index (κ1) is 13.1. The molecule has 4 bridgehead atoms. The van der Waals surface area contributed by atoms with Crippen molar-refractivity contribution in [2.75, 3.05) is 26.7 Å². The molecule has 0 radical (unpaired) electrons. The van der Waals surface area contributed by atoms with E-state index in [1.807, 2.05) is 6.92 Å². The fourth-order valence-electron chi connectivity index (χ4n) is 5.24. The largest absolute Gasteiger partial charge is 0.295 e. The molecule has 0 aromatic carbocycles. The summed E-state index contributed by atoms with van der Waals surface area (Å²) in [5.41, 5.74) is -0.679. The molecule has 1 amide bonds. The fraction of sp³-hybridized carbons (Fsp3) is 0.867. The summed E-state index contributed by atoms with van der Waals surface area (Å²) in [6.07, 6.45) is 5.06. The third-order valence-electron chi connectivity index (χ3n) is 6.16. The van der Waals surface area contributed by atoms with E-state index in [1.165, 1.54) is 19.3 Å². The molecule has 1 saturated carbocycles. The normalized spacial score (nSPS) is 42.8. The summed E-state index contributed by atoms with van der Waals surface area (Å²) in [6, 6.07) is 0. The van der Waals surface area contributed by atoms with Gasteiger partial charge in [0.25, 0.3) is 0 Å². The van der Waals surface area contributed by atoms with Crippen LogP contribution < -0.4 is 0 Å². The molecule has 4 heteroatoms. The second-order valence-electron chi connectivity index (χ2n) is 7.29. The number of carbonyl (C=O) groups excluding carboxylic acids is 2. The van der Waals surface area contributed by atoms with Crippen LogP contribution in [-0.2, 0) is 9.59 Å². The number of carbonyl (C=O) groups is 2. The Kier molecular flexibility index (Phi) is 2.79. The first-order valence-corrected chi connectivity index (χ1v) is 7.47. The van der Waals surface area contributed by atoms with E-state index in [-0.39, 0.29) is 5.91 Å². The van der Waals surface area contributed by atoms with Crippen molar-refractivity contribution < 1.29 is 14.1 Å². The van der Waals surface area contributed by atoms with Crippen LogP contribution in [0.25, 0.3) is 0 Å². The quantitative estimate of drug-likeness (QED) is 0.569. The summed E-state index contributed by atoms with van der Waals surface area (Å²) in [5.74, 6) is 2.30. The zero-order valence-corrected chi connectivity index (χ0v) is 12.3. The second kappa shape index (κ2) is 4.05. The number of hydrogen-bond acceptors (Lipinski definition) is 2. The van der Waals surface area contributed by atoms with Crippen molar-refractivity contribution >= 4 is 12.2 Å². The van der Waals surface area contributed by atoms with Crippen LogP contribution in [0.1, 0.15) is 33.1 Å². The summed E-state index contributed by atoms with van der Waals surface area (Å²) in [4.78, 5) is 25.4. The highest BCUT2D eigenvalue weighted by Gasteiger charge is 2.61. The molecule has 0 N–H and O–H groups in total. The number of quaternary nitrogens is 1. The van der Waals surface area contributed by atoms with Gasteiger partial charge in [0.05, 0.1) is 19.6 Å². The minimum Gasteiger partial charge on any atom is -0.295 e. The molecule has 4 aliphatic rings. The Balaban J connectivity index is 1.99. The molecule has 0 aromatic heterocycles. The van der Waals surface area contributed by atoms with Crippen LogP contribution >= 0.6 is 0 Å². The Hall–Kier alpha value is -0.900. The van der Waals surface area contributed by atoms with Gasteiger partial charge in [-0.15, -0.1) is 0 Å². The van der Waals surface area contributed by atoms with E-state index in [9.17, 15) is 9.59 Å². The van der Waals surface area contributed by atoms with E-state index in [0.29, 0.717) is 0 Å². The van der Waals surface area contributed by atoms with Crippen LogP contribution in [0.3, 0.4) is 0 Å². The SMILES string of the molecule is CC(=O)N(C)[C@@](C)(C=O)[N+]12CC3CC(CC(C3)C1)C2. The lowest BCUT2D eigenvalue weighted by Gasteiger charge is -2.63. The van der Waals surface area contributed by atoms with Crippen molar-refractivity contribution in [3.63, 3.8) is 0 Å². The van der Waals surface area contributed by atoms with Gasteiger partial charge in [0.15, 0.2) is 0 Å². The maximum absolute atomic E-state index is 11.9. The van der Waals surface area contributed by atoms with Crippen LogP contribution in [0.15, 0.2) is 0 Å². The van der Waals surface area contributed by atoms with Crippen molar-refractivity contribution in [2.45, 2.75) is 38.8 Å². The molecule has 3 heterocycles. The molecule has 0 spiro atoms. The summed E-state index contributed by atoms with van der Waals surface area (Å²) in [7, 11) is 1.79. The molecule has 3 aliphatic heterocycles. The topological polar surface area (TPSA) is 37.4 Å². The van der Waals surface area contributed by atoms with E-state index >= 15 is 0 Å². The first-order valence-electron chi connectivity index (χ1n) is 7.47. The first-order chi connectivity index (χ1) is 8.90. The molecule has 19 heavy (non-hydrogen) atoms. The molecule has 4 fully saturated rings. The van der Waals surface area contributed by atoms with Crippen molar-refractivity contribution in [1.29, 1.82) is 0 Å². The van der Waals surface area contributed by atoms with E-state index < -0.39 is 5.66 Å². The number of piperidine rings is 3. The van der Waals surface area contributed by atoms with Gasteiger partial charge in [-0.3, -0.25) is 19.0 Å². The molecule has 0 unspecified atom stereocenters. The Morgan fingerprint density at radius 1 is 1.16 bits per heavy atom. The molecular formula is C15H25N2O2+. The Bertz CT molecular complexity index is 385. The molecule has 1 aliphatic carbocycles. The van der Waals surface area contributed by atoms with Gasteiger partial charge in [0, 0.05) is 38.6 Å². The standard InChI is InChI=1S/C15H25N2O2/c1-11(19)16(3)15(2,10-18)17-7-12-4-13(8-17)6-14(5-12)9-17/h10,12-14H,4-9H2,1-3H3/q+1/t12?,13?,14?,15-,17?/m1/s1. The van der Waals surface area contributed by atoms with Crippen molar-refractivity contribution in [1.82, 2.24) is 4.90 Å². The summed E-state index contributed by atoms with van der Waals surface area (Å²) >= 11 is 0. The van der Waals surface area contributed by atoms with Crippen LogP contribution in [0, 0.1) is 17.8 Å². The predicted molar refractivity (Wildman–Crippen MR) is 72.1 cm³/mol. The highest BCUT2D eigenvalue weighted by atomic mass is 16.2. The molecule has 4 nitrogen and oxygen atoms in total. The van der Waals surface area contributed by atoms with Crippen LogP contribution in [0.2, 0.25) is 0 Å². The monoisotopic (exact) mass is 265 g/mol. The second-order valence-corrected chi connectivity index (χ2v) is 7.29. The average molecular weight is 265 g/mol. The highest BCUT2D eigenvalue weighted by Crippen LogP contribution is 2.50. The van der Waals surface area contributed by atoms with Gasteiger partial charge >= 0.3 is 0 Å². The lowest BCUT2D eigenvalue weighted by Crippen LogP contribution is -2.79. The predicted octanol–water partition coefficient (Wildman–Crippen LogP) is 1.26. The third kappa shape index (κ3) is 1.69. The maximum atomic E-state index is 11.9. The molecule has 1 atom stereocenters. The molecule has 106 valence electrons. The number of rotatable bonds is 3. The van der Waals surface area contributed by atoms with Gasteiger partial charge in [-0.05, 0) is 19.3 Å². The molecule has 3 saturated heterocycles. The Morgan fingerprint density at radius 3 is 1.89 bits per heavy atom. The van der Waals surface area contributed by atoms with Gasteiger partial charge < -0.3 is 0 Å². The number of hydrogen-bond donors (Lipinski definition) is 0. The molecular weight excluding hydrogens is 240 g/mol. The number of amides is 1. The third-order valence-corrected chi connectivity index (χ3v) is 6.16. The van der Waals surface area contributed by atoms with Gasteiger partial charge in [0.2, 0.25) is 17.9 Å². The lowest BCUT2D eigenvalue weighted by atomic mass is 9.65. The lowest BCUT2D eigenvalue weighted by molar-refractivity contribution is -0.996. The van der Waals surface area contributed by atoms with Crippen molar-refractivity contribution in [3.8, 4) is 0 Å². The Morgan fingerprint density at radius 2 is 1.58 bits per heavy atom. The van der Waals surface area contributed by atoms with E-state index in [4.69, 9.17) is 0 Å². The maximum Gasteiger partial charge on any atom is 0.230 e. The van der Waals surface area contributed by atoms with E-state index in [1.54, 1.807) is 18.9 Å². The van der Waals surface area contributed by atoms with E-state index in [0.717, 1.165) is 48.2 Å². The molecule has 4 rings (SSSR count). The van der Waals surface area contributed by atoms with Gasteiger partial charge in [-0.1, -0.05) is 0 Å². The van der Waals surface area contributed by atoms with Crippen LogP contribution in [0.5, 0.6) is 0 Å². The van der Waals surface area contributed by atoms with Crippen LogP contribution in [-0.4, -0.2) is 53.9 Å². The zero-order chi connectivity index (χ0) is 13.8. The van der Waals surface area contributed by atoms with Gasteiger partial charge in [-0.2, -0.15) is 0 Å². The molecule has 0 aromatic rings. The smallest absolute Gasteiger partial charge is 0.230 e. The summed E-state index contributed by atoms with van der Waals surface area (Å²) in [5, 5.41) is 0.